The SMILES string of the molecule is CCOc1cc2nc(-c3[nH]ncc3NC3CCCCO3)[nH]c2cc1CC. The van der Waals surface area contributed by atoms with Crippen LogP contribution in [-0.2, 0) is 11.2 Å². The van der Waals surface area contributed by atoms with E-state index in [4.69, 9.17) is 14.5 Å². The lowest BCUT2D eigenvalue weighted by Gasteiger charge is -2.24. The van der Waals surface area contributed by atoms with Gasteiger partial charge in [0.1, 0.15) is 17.7 Å². The lowest BCUT2D eigenvalue weighted by molar-refractivity contribution is 0.0344. The Morgan fingerprint density at radius 1 is 1.31 bits per heavy atom. The average molecular weight is 355 g/mol. The fourth-order valence-corrected chi connectivity index (χ4v) is 3.37. The van der Waals surface area contributed by atoms with Gasteiger partial charge in [-0.05, 0) is 44.2 Å². The quantitative estimate of drug-likeness (QED) is 0.625. The zero-order chi connectivity index (χ0) is 17.9. The molecular formula is C19H25N5O2. The van der Waals surface area contributed by atoms with Gasteiger partial charge < -0.3 is 19.8 Å². The van der Waals surface area contributed by atoms with Gasteiger partial charge in [-0.2, -0.15) is 5.10 Å². The molecule has 0 aliphatic carbocycles. The third-order valence-corrected chi connectivity index (χ3v) is 4.72. The highest BCUT2D eigenvalue weighted by atomic mass is 16.5. The summed E-state index contributed by atoms with van der Waals surface area (Å²) >= 11 is 0. The number of aromatic nitrogens is 4. The summed E-state index contributed by atoms with van der Waals surface area (Å²) < 4.78 is 11.5. The molecule has 26 heavy (non-hydrogen) atoms. The highest BCUT2D eigenvalue weighted by Crippen LogP contribution is 2.30. The number of H-pyrrole nitrogens is 2. The molecule has 1 saturated heterocycles. The Labute approximate surface area is 152 Å². The van der Waals surface area contributed by atoms with E-state index >= 15 is 0 Å². The first kappa shape index (κ1) is 16.9. The van der Waals surface area contributed by atoms with Gasteiger partial charge in [-0.15, -0.1) is 0 Å². The van der Waals surface area contributed by atoms with Crippen LogP contribution in [0.3, 0.4) is 0 Å². The smallest absolute Gasteiger partial charge is 0.158 e. The number of aryl methyl sites for hydroxylation is 1. The fourth-order valence-electron chi connectivity index (χ4n) is 3.37. The van der Waals surface area contributed by atoms with Crippen LogP contribution in [-0.4, -0.2) is 39.6 Å². The maximum Gasteiger partial charge on any atom is 0.158 e. The van der Waals surface area contributed by atoms with E-state index in [1.807, 2.05) is 13.0 Å². The van der Waals surface area contributed by atoms with E-state index in [2.05, 4.69) is 33.5 Å². The van der Waals surface area contributed by atoms with Crippen molar-refractivity contribution in [1.82, 2.24) is 20.2 Å². The molecule has 3 heterocycles. The molecule has 1 unspecified atom stereocenters. The van der Waals surface area contributed by atoms with E-state index in [1.165, 1.54) is 12.0 Å². The van der Waals surface area contributed by atoms with Gasteiger partial charge in [0.2, 0.25) is 0 Å². The molecular weight excluding hydrogens is 330 g/mol. The first-order chi connectivity index (χ1) is 12.8. The van der Waals surface area contributed by atoms with Crippen molar-refractivity contribution in [3.63, 3.8) is 0 Å². The Bertz CT molecular complexity index is 879. The number of rotatable bonds is 6. The average Bonchev–Trinajstić information content (AvgIpc) is 3.28. The molecule has 1 aliphatic rings. The van der Waals surface area contributed by atoms with Crippen molar-refractivity contribution in [2.75, 3.05) is 18.5 Å². The molecule has 0 amide bonds. The predicted molar refractivity (Wildman–Crippen MR) is 101 cm³/mol. The molecule has 2 aromatic heterocycles. The summed E-state index contributed by atoms with van der Waals surface area (Å²) in [5.74, 6) is 1.66. The van der Waals surface area contributed by atoms with Crippen LogP contribution in [0.25, 0.3) is 22.6 Å². The largest absolute Gasteiger partial charge is 0.494 e. The van der Waals surface area contributed by atoms with Gasteiger partial charge in [0.25, 0.3) is 0 Å². The minimum Gasteiger partial charge on any atom is -0.494 e. The van der Waals surface area contributed by atoms with E-state index in [-0.39, 0.29) is 6.23 Å². The molecule has 0 radical (unpaired) electrons. The van der Waals surface area contributed by atoms with Crippen molar-refractivity contribution in [3.8, 4) is 17.3 Å². The predicted octanol–water partition coefficient (Wildman–Crippen LogP) is 3.85. The van der Waals surface area contributed by atoms with Crippen molar-refractivity contribution < 1.29 is 9.47 Å². The minimum atomic E-state index is 0.0285. The number of fused-ring (bicyclic) bond motifs is 1. The third kappa shape index (κ3) is 3.26. The molecule has 7 heteroatoms. The van der Waals surface area contributed by atoms with Gasteiger partial charge in [0.15, 0.2) is 5.82 Å². The van der Waals surface area contributed by atoms with Crippen LogP contribution in [0, 0.1) is 0 Å². The number of imidazole rings is 1. The summed E-state index contributed by atoms with van der Waals surface area (Å²) in [5.41, 5.74) is 4.79. The van der Waals surface area contributed by atoms with Crippen LogP contribution < -0.4 is 10.1 Å². The van der Waals surface area contributed by atoms with Crippen LogP contribution >= 0.6 is 0 Å². The summed E-state index contributed by atoms with van der Waals surface area (Å²) in [4.78, 5) is 8.14. The molecule has 1 aromatic carbocycles. The van der Waals surface area contributed by atoms with Gasteiger partial charge >= 0.3 is 0 Å². The van der Waals surface area contributed by atoms with Gasteiger partial charge in [-0.3, -0.25) is 5.10 Å². The second-order valence-corrected chi connectivity index (χ2v) is 6.51. The van der Waals surface area contributed by atoms with Crippen LogP contribution in [0.5, 0.6) is 5.75 Å². The summed E-state index contributed by atoms with van der Waals surface area (Å²) in [6.07, 6.45) is 6.03. The Hall–Kier alpha value is -2.54. The van der Waals surface area contributed by atoms with E-state index in [0.717, 1.165) is 59.9 Å². The van der Waals surface area contributed by atoms with E-state index < -0.39 is 0 Å². The Balaban J connectivity index is 1.65. The van der Waals surface area contributed by atoms with Crippen LogP contribution in [0.4, 0.5) is 5.69 Å². The third-order valence-electron chi connectivity index (χ3n) is 4.72. The second-order valence-electron chi connectivity index (χ2n) is 6.51. The molecule has 1 atom stereocenters. The van der Waals surface area contributed by atoms with Crippen LogP contribution in [0.15, 0.2) is 18.3 Å². The summed E-state index contributed by atoms with van der Waals surface area (Å²) in [6.45, 7) is 5.57. The van der Waals surface area contributed by atoms with Crippen molar-refractivity contribution in [1.29, 1.82) is 0 Å². The normalized spacial score (nSPS) is 17.5. The Morgan fingerprint density at radius 2 is 2.23 bits per heavy atom. The second kappa shape index (κ2) is 7.37. The number of ether oxygens (including phenoxy) is 2. The Kier molecular flexibility index (Phi) is 4.79. The minimum absolute atomic E-state index is 0.0285. The first-order valence-corrected chi connectivity index (χ1v) is 9.35. The van der Waals surface area contributed by atoms with Crippen molar-refractivity contribution in [2.45, 2.75) is 45.8 Å². The fraction of sp³-hybridized carbons (Fsp3) is 0.474. The number of anilines is 1. The monoisotopic (exact) mass is 355 g/mol. The van der Waals surface area contributed by atoms with E-state index in [9.17, 15) is 0 Å². The summed E-state index contributed by atoms with van der Waals surface area (Å²) in [5, 5.41) is 10.7. The van der Waals surface area contributed by atoms with Gasteiger partial charge in [0.05, 0.1) is 29.5 Å². The van der Waals surface area contributed by atoms with Crippen LogP contribution in [0.1, 0.15) is 38.7 Å². The number of hydrogen-bond donors (Lipinski definition) is 3. The maximum absolute atomic E-state index is 5.77. The topological polar surface area (TPSA) is 87.8 Å². The number of aromatic amines is 2. The molecule has 138 valence electrons. The van der Waals surface area contributed by atoms with Crippen molar-refractivity contribution in [3.05, 3.63) is 23.9 Å². The number of nitrogens with one attached hydrogen (secondary N) is 3. The number of hydrogen-bond acceptors (Lipinski definition) is 5. The standard InChI is InChI=1S/C19H25N5O2/c1-3-12-9-13-14(10-16(12)25-4-2)23-19(22-13)18-15(11-20-24-18)21-17-7-5-6-8-26-17/h9-11,17,21H,3-8H2,1-2H3,(H,20,24)(H,22,23). The van der Waals surface area contributed by atoms with Crippen molar-refractivity contribution in [2.24, 2.45) is 0 Å². The van der Waals surface area contributed by atoms with Gasteiger partial charge in [-0.25, -0.2) is 4.98 Å². The maximum atomic E-state index is 5.77. The molecule has 0 saturated carbocycles. The highest BCUT2D eigenvalue weighted by molar-refractivity contribution is 5.83. The molecule has 3 aromatic rings. The lowest BCUT2D eigenvalue weighted by atomic mass is 10.1. The Morgan fingerprint density at radius 3 is 3.00 bits per heavy atom. The molecule has 1 fully saturated rings. The van der Waals surface area contributed by atoms with Crippen LogP contribution in [0.2, 0.25) is 0 Å². The zero-order valence-electron chi connectivity index (χ0n) is 15.3. The van der Waals surface area contributed by atoms with E-state index in [0.29, 0.717) is 6.61 Å². The van der Waals surface area contributed by atoms with Gasteiger partial charge in [0, 0.05) is 12.7 Å². The molecule has 0 spiro atoms. The van der Waals surface area contributed by atoms with E-state index in [1.54, 1.807) is 6.20 Å². The zero-order valence-corrected chi connectivity index (χ0v) is 15.3. The summed E-state index contributed by atoms with van der Waals surface area (Å²) in [7, 11) is 0. The molecule has 4 rings (SSSR count). The molecule has 3 N–H and O–H groups in total. The summed E-state index contributed by atoms with van der Waals surface area (Å²) in [6, 6.07) is 4.12. The highest BCUT2D eigenvalue weighted by Gasteiger charge is 2.19. The molecule has 7 nitrogen and oxygen atoms in total. The first-order valence-electron chi connectivity index (χ1n) is 9.35. The lowest BCUT2D eigenvalue weighted by Crippen LogP contribution is -2.27. The number of benzene rings is 1. The van der Waals surface area contributed by atoms with Gasteiger partial charge in [-0.1, -0.05) is 6.92 Å². The van der Waals surface area contributed by atoms with Crippen molar-refractivity contribution >= 4 is 16.7 Å². The molecule has 0 bridgehead atoms. The molecule has 1 aliphatic heterocycles. The number of nitrogens with zero attached hydrogens (tertiary/aromatic N) is 2.